The van der Waals surface area contributed by atoms with Crippen molar-refractivity contribution in [3.05, 3.63) is 42.7 Å². The monoisotopic (exact) mass is 254 g/mol. The van der Waals surface area contributed by atoms with Crippen molar-refractivity contribution in [2.45, 2.75) is 6.54 Å². The highest BCUT2D eigenvalue weighted by molar-refractivity contribution is 5.79. The van der Waals surface area contributed by atoms with Crippen LogP contribution in [0.4, 0.5) is 0 Å². The van der Waals surface area contributed by atoms with Gasteiger partial charge in [0.15, 0.2) is 11.5 Å². The highest BCUT2D eigenvalue weighted by atomic mass is 16.4. The zero-order valence-electron chi connectivity index (χ0n) is 9.89. The standard InChI is InChI=1S/C13H10N4O2/c18-11(19)8-17-12-10(5-3-7-15-12)16-13(17)9-4-1-2-6-14-9/h1-7H,8H2,(H,18,19). The largest absolute Gasteiger partial charge is 0.480 e. The fourth-order valence-electron chi connectivity index (χ4n) is 1.93. The van der Waals surface area contributed by atoms with E-state index in [1.54, 1.807) is 41.2 Å². The van der Waals surface area contributed by atoms with Crippen molar-refractivity contribution in [2.24, 2.45) is 0 Å². The lowest BCUT2D eigenvalue weighted by molar-refractivity contribution is -0.137. The van der Waals surface area contributed by atoms with Gasteiger partial charge in [-0.2, -0.15) is 0 Å². The molecule has 0 aliphatic rings. The molecular formula is C13H10N4O2. The van der Waals surface area contributed by atoms with Crippen LogP contribution in [0.15, 0.2) is 42.7 Å². The minimum Gasteiger partial charge on any atom is -0.480 e. The Hall–Kier alpha value is -2.76. The van der Waals surface area contributed by atoms with Crippen LogP contribution in [0.3, 0.4) is 0 Å². The number of fused-ring (bicyclic) bond motifs is 1. The summed E-state index contributed by atoms with van der Waals surface area (Å²) in [7, 11) is 0. The van der Waals surface area contributed by atoms with Gasteiger partial charge in [-0.15, -0.1) is 0 Å². The zero-order valence-corrected chi connectivity index (χ0v) is 9.89. The van der Waals surface area contributed by atoms with Gasteiger partial charge in [0.2, 0.25) is 0 Å². The maximum atomic E-state index is 11.0. The molecule has 0 unspecified atom stereocenters. The Labute approximate surface area is 108 Å². The summed E-state index contributed by atoms with van der Waals surface area (Å²) in [4.78, 5) is 23.8. The summed E-state index contributed by atoms with van der Waals surface area (Å²) in [6.07, 6.45) is 3.26. The number of carboxylic acids is 1. The molecule has 94 valence electrons. The number of carboxylic acid groups (broad SMARTS) is 1. The zero-order chi connectivity index (χ0) is 13.2. The van der Waals surface area contributed by atoms with E-state index < -0.39 is 5.97 Å². The van der Waals surface area contributed by atoms with Crippen LogP contribution < -0.4 is 0 Å². The van der Waals surface area contributed by atoms with Gasteiger partial charge in [-0.05, 0) is 24.3 Å². The number of aliphatic carboxylic acids is 1. The number of hydrogen-bond donors (Lipinski definition) is 1. The fraction of sp³-hybridized carbons (Fsp3) is 0.0769. The van der Waals surface area contributed by atoms with Gasteiger partial charge in [0, 0.05) is 12.4 Å². The second kappa shape index (κ2) is 4.49. The summed E-state index contributed by atoms with van der Waals surface area (Å²) >= 11 is 0. The Balaban J connectivity index is 2.26. The van der Waals surface area contributed by atoms with E-state index in [1.165, 1.54) is 0 Å². The first-order valence-electron chi connectivity index (χ1n) is 5.70. The Morgan fingerprint density at radius 1 is 1.16 bits per heavy atom. The molecule has 0 amide bonds. The summed E-state index contributed by atoms with van der Waals surface area (Å²) in [6.45, 7) is -0.195. The van der Waals surface area contributed by atoms with Crippen molar-refractivity contribution in [3.63, 3.8) is 0 Å². The lowest BCUT2D eigenvalue weighted by Gasteiger charge is -2.04. The summed E-state index contributed by atoms with van der Waals surface area (Å²) < 4.78 is 1.56. The van der Waals surface area contributed by atoms with E-state index in [-0.39, 0.29) is 6.54 Å². The molecule has 0 fully saturated rings. The summed E-state index contributed by atoms with van der Waals surface area (Å²) in [6, 6.07) is 8.99. The minimum atomic E-state index is -0.942. The van der Waals surface area contributed by atoms with Crippen LogP contribution in [0.1, 0.15) is 0 Å². The maximum absolute atomic E-state index is 11.0. The molecular weight excluding hydrogens is 244 g/mol. The molecule has 3 aromatic heterocycles. The van der Waals surface area contributed by atoms with Gasteiger partial charge < -0.3 is 5.11 Å². The van der Waals surface area contributed by atoms with Crippen LogP contribution in [0.5, 0.6) is 0 Å². The van der Waals surface area contributed by atoms with Crippen LogP contribution >= 0.6 is 0 Å². The number of aromatic nitrogens is 4. The molecule has 0 bridgehead atoms. The third-order valence-electron chi connectivity index (χ3n) is 2.69. The molecule has 0 aliphatic heterocycles. The average Bonchev–Trinajstić information content (AvgIpc) is 2.78. The number of carbonyl (C=O) groups is 1. The highest BCUT2D eigenvalue weighted by Gasteiger charge is 2.15. The highest BCUT2D eigenvalue weighted by Crippen LogP contribution is 2.21. The quantitative estimate of drug-likeness (QED) is 0.767. The van der Waals surface area contributed by atoms with E-state index in [0.717, 1.165) is 0 Å². The first-order chi connectivity index (χ1) is 9.25. The van der Waals surface area contributed by atoms with Crippen LogP contribution in [-0.4, -0.2) is 30.6 Å². The topological polar surface area (TPSA) is 80.9 Å². The van der Waals surface area contributed by atoms with Gasteiger partial charge in [0.1, 0.15) is 17.8 Å². The molecule has 0 atom stereocenters. The predicted molar refractivity (Wildman–Crippen MR) is 68.4 cm³/mol. The third-order valence-corrected chi connectivity index (χ3v) is 2.69. The van der Waals surface area contributed by atoms with Crippen molar-refractivity contribution in [1.29, 1.82) is 0 Å². The molecule has 3 rings (SSSR count). The molecule has 0 aliphatic carbocycles. The van der Waals surface area contributed by atoms with E-state index in [2.05, 4.69) is 15.0 Å². The van der Waals surface area contributed by atoms with Crippen LogP contribution in [0.2, 0.25) is 0 Å². The van der Waals surface area contributed by atoms with Crippen molar-refractivity contribution in [1.82, 2.24) is 19.5 Å². The molecule has 0 aromatic carbocycles. The molecule has 0 radical (unpaired) electrons. The first-order valence-corrected chi connectivity index (χ1v) is 5.70. The summed E-state index contributed by atoms with van der Waals surface area (Å²) in [5, 5.41) is 9.02. The van der Waals surface area contributed by atoms with Gasteiger partial charge in [-0.1, -0.05) is 6.07 Å². The van der Waals surface area contributed by atoms with Crippen LogP contribution in [0, 0.1) is 0 Å². The fourth-order valence-corrected chi connectivity index (χ4v) is 1.93. The van der Waals surface area contributed by atoms with Crippen molar-refractivity contribution < 1.29 is 9.90 Å². The van der Waals surface area contributed by atoms with Gasteiger partial charge >= 0.3 is 5.97 Å². The van der Waals surface area contributed by atoms with E-state index in [0.29, 0.717) is 22.7 Å². The number of hydrogen-bond acceptors (Lipinski definition) is 4. The predicted octanol–water partition coefficient (Wildman–Crippen LogP) is 1.58. The second-order valence-electron chi connectivity index (χ2n) is 3.98. The van der Waals surface area contributed by atoms with E-state index in [9.17, 15) is 4.79 Å². The normalized spacial score (nSPS) is 10.7. The molecule has 3 aromatic rings. The van der Waals surface area contributed by atoms with Crippen LogP contribution in [0.25, 0.3) is 22.7 Å². The average molecular weight is 254 g/mol. The van der Waals surface area contributed by atoms with Gasteiger partial charge in [0.05, 0.1) is 0 Å². The van der Waals surface area contributed by atoms with Gasteiger partial charge in [0.25, 0.3) is 0 Å². The van der Waals surface area contributed by atoms with E-state index in [4.69, 9.17) is 5.11 Å². The molecule has 6 heteroatoms. The summed E-state index contributed by atoms with van der Waals surface area (Å²) in [5.74, 6) is -0.432. The molecule has 1 N–H and O–H groups in total. The Morgan fingerprint density at radius 2 is 2.00 bits per heavy atom. The SMILES string of the molecule is O=C(O)Cn1c(-c2ccccn2)nc2cccnc21. The van der Waals surface area contributed by atoms with Crippen molar-refractivity contribution in [3.8, 4) is 11.5 Å². The second-order valence-corrected chi connectivity index (χ2v) is 3.98. The third kappa shape index (κ3) is 2.03. The van der Waals surface area contributed by atoms with E-state index >= 15 is 0 Å². The molecule has 6 nitrogen and oxygen atoms in total. The number of rotatable bonds is 3. The Bertz CT molecular complexity index is 737. The molecule has 19 heavy (non-hydrogen) atoms. The number of imidazole rings is 1. The summed E-state index contributed by atoms with van der Waals surface area (Å²) in [5.41, 5.74) is 1.83. The van der Waals surface area contributed by atoms with Gasteiger partial charge in [-0.3, -0.25) is 14.3 Å². The van der Waals surface area contributed by atoms with Crippen molar-refractivity contribution in [2.75, 3.05) is 0 Å². The Morgan fingerprint density at radius 3 is 2.74 bits per heavy atom. The van der Waals surface area contributed by atoms with Gasteiger partial charge in [-0.25, -0.2) is 9.97 Å². The number of pyridine rings is 2. The smallest absolute Gasteiger partial charge is 0.323 e. The maximum Gasteiger partial charge on any atom is 0.323 e. The Kier molecular flexibility index (Phi) is 2.68. The molecule has 0 saturated carbocycles. The molecule has 0 saturated heterocycles. The van der Waals surface area contributed by atoms with E-state index in [1.807, 2.05) is 6.07 Å². The molecule has 0 spiro atoms. The minimum absolute atomic E-state index is 0.195. The first kappa shape index (κ1) is 11.3. The number of nitrogens with zero attached hydrogens (tertiary/aromatic N) is 4. The van der Waals surface area contributed by atoms with Crippen molar-refractivity contribution >= 4 is 17.1 Å². The lowest BCUT2D eigenvalue weighted by atomic mass is 10.3. The molecule has 3 heterocycles. The lowest BCUT2D eigenvalue weighted by Crippen LogP contribution is -2.10. The van der Waals surface area contributed by atoms with Crippen LogP contribution in [-0.2, 0) is 11.3 Å².